The van der Waals surface area contributed by atoms with Crippen LogP contribution in [0.2, 0.25) is 0 Å². The third-order valence-corrected chi connectivity index (χ3v) is 5.21. The van der Waals surface area contributed by atoms with Crippen LogP contribution in [-0.4, -0.2) is 23.9 Å². The van der Waals surface area contributed by atoms with E-state index in [1.165, 1.54) is 33.4 Å². The largest absolute Gasteiger partial charge is 0.334 e. The molecule has 33 heavy (non-hydrogen) atoms. The topological polar surface area (TPSA) is 20.3 Å². The van der Waals surface area contributed by atoms with Crippen LogP contribution < -0.4 is 0 Å². The molecule has 0 N–H and O–H groups in total. The van der Waals surface area contributed by atoms with E-state index in [0.29, 0.717) is 18.0 Å². The van der Waals surface area contributed by atoms with E-state index in [9.17, 15) is 4.79 Å². The second-order valence-corrected chi connectivity index (χ2v) is 7.62. The standard InChI is InChI=1S/C23H31NO.4C2H6/c1-15(2)19(6)13-20(7)23(25)24-11-10-18(5)22(14-24)21-12-16(3)8-9-17(21)4;4*1-2/h8-9,12-13,15H,7,10-11,14H2,1-6H3;4*1-2H3/b19-13+;;;;. The molecular formula is C31H55NO. The highest BCUT2D eigenvalue weighted by Gasteiger charge is 2.23. The van der Waals surface area contributed by atoms with E-state index in [2.05, 4.69) is 66.3 Å². The lowest BCUT2D eigenvalue weighted by Gasteiger charge is -2.31. The SMILES string of the molecule is C=C(/C=C(\C)C(C)C)C(=O)N1CCC(C)=C(c2cc(C)ccc2C)C1.CC.CC.CC.CC. The van der Waals surface area contributed by atoms with Crippen molar-refractivity contribution in [3.05, 3.63) is 64.3 Å². The zero-order valence-electron chi connectivity index (χ0n) is 24.6. The molecule has 1 aromatic rings. The van der Waals surface area contributed by atoms with E-state index >= 15 is 0 Å². The zero-order valence-corrected chi connectivity index (χ0v) is 24.6. The minimum Gasteiger partial charge on any atom is -0.334 e. The average Bonchev–Trinajstić information content (AvgIpc) is 2.85. The van der Waals surface area contributed by atoms with Crippen LogP contribution in [0.4, 0.5) is 0 Å². The summed E-state index contributed by atoms with van der Waals surface area (Å²) in [6.45, 7) is 34.2. The van der Waals surface area contributed by atoms with Crippen molar-refractivity contribution in [2.75, 3.05) is 13.1 Å². The molecule has 0 aliphatic carbocycles. The Morgan fingerprint density at radius 1 is 0.970 bits per heavy atom. The van der Waals surface area contributed by atoms with Crippen molar-refractivity contribution in [2.45, 2.75) is 103 Å². The Morgan fingerprint density at radius 2 is 1.48 bits per heavy atom. The molecule has 1 aliphatic rings. The van der Waals surface area contributed by atoms with Crippen molar-refractivity contribution in [1.29, 1.82) is 0 Å². The summed E-state index contributed by atoms with van der Waals surface area (Å²) in [5.74, 6) is 0.480. The fourth-order valence-electron chi connectivity index (χ4n) is 3.11. The molecule has 0 bridgehead atoms. The fraction of sp³-hybridized carbons (Fsp3) is 0.581. The highest BCUT2D eigenvalue weighted by atomic mass is 16.2. The number of benzene rings is 1. The lowest BCUT2D eigenvalue weighted by Crippen LogP contribution is -2.37. The minimum absolute atomic E-state index is 0.0512. The van der Waals surface area contributed by atoms with Gasteiger partial charge in [-0.1, -0.05) is 117 Å². The Bertz CT molecular complexity index is 750. The Morgan fingerprint density at radius 3 is 1.97 bits per heavy atom. The van der Waals surface area contributed by atoms with Crippen LogP contribution in [0.1, 0.15) is 106 Å². The molecule has 0 saturated carbocycles. The molecule has 0 spiro atoms. The molecule has 190 valence electrons. The van der Waals surface area contributed by atoms with Crippen LogP contribution in [0.3, 0.4) is 0 Å². The number of amides is 1. The van der Waals surface area contributed by atoms with Gasteiger partial charge in [-0.15, -0.1) is 0 Å². The molecule has 1 heterocycles. The van der Waals surface area contributed by atoms with E-state index in [1.54, 1.807) is 0 Å². The van der Waals surface area contributed by atoms with Crippen molar-refractivity contribution >= 4 is 11.5 Å². The number of carbonyl (C=O) groups excluding carboxylic acids is 1. The van der Waals surface area contributed by atoms with Gasteiger partial charge < -0.3 is 4.90 Å². The van der Waals surface area contributed by atoms with Crippen molar-refractivity contribution in [3.8, 4) is 0 Å². The molecule has 1 aromatic carbocycles. The summed E-state index contributed by atoms with van der Waals surface area (Å²) in [5.41, 5.74) is 8.25. The van der Waals surface area contributed by atoms with E-state index in [4.69, 9.17) is 0 Å². The highest BCUT2D eigenvalue weighted by molar-refractivity contribution is 5.97. The quantitative estimate of drug-likeness (QED) is 0.325. The zero-order chi connectivity index (χ0) is 26.7. The van der Waals surface area contributed by atoms with Gasteiger partial charge in [0.1, 0.15) is 0 Å². The fourth-order valence-corrected chi connectivity index (χ4v) is 3.11. The smallest absolute Gasteiger partial charge is 0.253 e. The van der Waals surface area contributed by atoms with Crippen molar-refractivity contribution in [2.24, 2.45) is 5.92 Å². The van der Waals surface area contributed by atoms with Gasteiger partial charge in [-0.2, -0.15) is 0 Å². The van der Waals surface area contributed by atoms with Crippen molar-refractivity contribution in [1.82, 2.24) is 4.90 Å². The molecule has 2 nitrogen and oxygen atoms in total. The number of hydrogen-bond donors (Lipinski definition) is 0. The predicted molar refractivity (Wildman–Crippen MR) is 153 cm³/mol. The van der Waals surface area contributed by atoms with E-state index in [-0.39, 0.29) is 5.91 Å². The van der Waals surface area contributed by atoms with Gasteiger partial charge in [0.05, 0.1) is 0 Å². The first-order valence-corrected chi connectivity index (χ1v) is 13.1. The molecule has 0 saturated heterocycles. The summed E-state index contributed by atoms with van der Waals surface area (Å²) in [4.78, 5) is 14.8. The number of hydrogen-bond acceptors (Lipinski definition) is 1. The summed E-state index contributed by atoms with van der Waals surface area (Å²) in [6, 6.07) is 6.54. The Kier molecular flexibility index (Phi) is 22.1. The summed E-state index contributed by atoms with van der Waals surface area (Å²) in [6.07, 6.45) is 2.87. The van der Waals surface area contributed by atoms with E-state index < -0.39 is 0 Å². The highest BCUT2D eigenvalue weighted by Crippen LogP contribution is 2.30. The molecule has 1 aliphatic heterocycles. The monoisotopic (exact) mass is 457 g/mol. The van der Waals surface area contributed by atoms with Gasteiger partial charge in [0.25, 0.3) is 5.91 Å². The van der Waals surface area contributed by atoms with Crippen LogP contribution in [0.25, 0.3) is 5.57 Å². The molecule has 0 aromatic heterocycles. The Balaban J connectivity index is -0.00000101. The van der Waals surface area contributed by atoms with Crippen molar-refractivity contribution in [3.63, 3.8) is 0 Å². The van der Waals surface area contributed by atoms with Crippen LogP contribution in [-0.2, 0) is 4.79 Å². The molecule has 0 atom stereocenters. The van der Waals surface area contributed by atoms with Gasteiger partial charge in [0.2, 0.25) is 0 Å². The number of nitrogens with zero attached hydrogens (tertiary/aromatic N) is 1. The number of allylic oxidation sites excluding steroid dienone is 1. The molecule has 2 rings (SSSR count). The maximum absolute atomic E-state index is 12.9. The Hall–Kier alpha value is -2.09. The summed E-state index contributed by atoms with van der Waals surface area (Å²) in [7, 11) is 0. The maximum Gasteiger partial charge on any atom is 0.253 e. The van der Waals surface area contributed by atoms with Gasteiger partial charge in [0.15, 0.2) is 0 Å². The molecule has 0 fully saturated rings. The first-order chi connectivity index (χ1) is 15.7. The number of carbonyl (C=O) groups is 1. The number of rotatable bonds is 4. The van der Waals surface area contributed by atoms with Gasteiger partial charge in [-0.25, -0.2) is 0 Å². The van der Waals surface area contributed by atoms with Crippen LogP contribution in [0.5, 0.6) is 0 Å². The predicted octanol–water partition coefficient (Wildman–Crippen LogP) is 9.57. The molecule has 2 heteroatoms. The molecular weight excluding hydrogens is 402 g/mol. The van der Waals surface area contributed by atoms with Crippen LogP contribution in [0.15, 0.2) is 47.6 Å². The minimum atomic E-state index is 0.0512. The summed E-state index contributed by atoms with van der Waals surface area (Å²) >= 11 is 0. The van der Waals surface area contributed by atoms with Crippen molar-refractivity contribution < 1.29 is 4.79 Å². The Labute approximate surface area is 207 Å². The molecule has 0 unspecified atom stereocenters. The first-order valence-electron chi connectivity index (χ1n) is 13.1. The maximum atomic E-state index is 12.9. The molecule has 1 amide bonds. The summed E-state index contributed by atoms with van der Waals surface area (Å²) < 4.78 is 0. The second kappa shape index (κ2) is 20.5. The van der Waals surface area contributed by atoms with Gasteiger partial charge in [-0.3, -0.25) is 4.79 Å². The van der Waals surface area contributed by atoms with E-state index in [0.717, 1.165) is 13.0 Å². The van der Waals surface area contributed by atoms with Crippen LogP contribution >= 0.6 is 0 Å². The van der Waals surface area contributed by atoms with Gasteiger partial charge >= 0.3 is 0 Å². The third-order valence-electron chi connectivity index (χ3n) is 5.21. The summed E-state index contributed by atoms with van der Waals surface area (Å²) in [5, 5.41) is 0. The number of aryl methyl sites for hydroxylation is 2. The first kappa shape index (κ1) is 35.5. The van der Waals surface area contributed by atoms with Gasteiger partial charge in [-0.05, 0) is 56.7 Å². The lowest BCUT2D eigenvalue weighted by molar-refractivity contribution is -0.126. The van der Waals surface area contributed by atoms with Crippen LogP contribution in [0, 0.1) is 19.8 Å². The average molecular weight is 458 g/mol. The second-order valence-electron chi connectivity index (χ2n) is 7.62. The molecule has 0 radical (unpaired) electrons. The normalized spacial score (nSPS) is 12.7. The third kappa shape index (κ3) is 12.1. The van der Waals surface area contributed by atoms with Gasteiger partial charge in [0, 0.05) is 18.7 Å². The van der Waals surface area contributed by atoms with E-state index in [1.807, 2.05) is 66.4 Å². The lowest BCUT2D eigenvalue weighted by atomic mass is 9.90.